The number of fused-ring (bicyclic) bond motifs is 1. The van der Waals surface area contributed by atoms with E-state index in [-0.39, 0.29) is 23.3 Å². The molecule has 0 saturated carbocycles. The zero-order valence-corrected chi connectivity index (χ0v) is 16.4. The number of aryl methyl sites for hydroxylation is 1. The van der Waals surface area contributed by atoms with Crippen molar-refractivity contribution in [2.75, 3.05) is 32.0 Å². The monoisotopic (exact) mass is 381 g/mol. The molecular formula is C18H27N3O4S. The van der Waals surface area contributed by atoms with Crippen LogP contribution in [0.25, 0.3) is 0 Å². The van der Waals surface area contributed by atoms with Gasteiger partial charge >= 0.3 is 0 Å². The first-order valence-electron chi connectivity index (χ1n) is 8.96. The van der Waals surface area contributed by atoms with E-state index < -0.39 is 10.0 Å². The summed E-state index contributed by atoms with van der Waals surface area (Å²) in [6.07, 6.45) is 2.51. The Morgan fingerprint density at radius 3 is 2.42 bits per heavy atom. The van der Waals surface area contributed by atoms with Gasteiger partial charge in [-0.1, -0.05) is 13.8 Å². The fourth-order valence-electron chi connectivity index (χ4n) is 2.98. The van der Waals surface area contributed by atoms with Gasteiger partial charge in [0.15, 0.2) is 0 Å². The van der Waals surface area contributed by atoms with Crippen LogP contribution in [-0.2, 0) is 26.0 Å². The number of carbonyl (C=O) groups excluding carboxylic acids is 2. The number of carbonyl (C=O) groups is 2. The first-order chi connectivity index (χ1) is 12.3. The summed E-state index contributed by atoms with van der Waals surface area (Å²) in [6.45, 7) is 5.04. The predicted molar refractivity (Wildman–Crippen MR) is 100 cm³/mol. The highest BCUT2D eigenvalue weighted by Crippen LogP contribution is 2.26. The van der Waals surface area contributed by atoms with Crippen molar-refractivity contribution in [2.45, 2.75) is 44.4 Å². The van der Waals surface area contributed by atoms with Gasteiger partial charge in [0.25, 0.3) is 0 Å². The van der Waals surface area contributed by atoms with E-state index in [1.54, 1.807) is 17.0 Å². The summed E-state index contributed by atoms with van der Waals surface area (Å²) < 4.78 is 26.7. The molecule has 0 radical (unpaired) electrons. The third kappa shape index (κ3) is 4.62. The van der Waals surface area contributed by atoms with Gasteiger partial charge in [-0.2, -0.15) is 4.31 Å². The lowest BCUT2D eigenvalue weighted by molar-refractivity contribution is -0.131. The maximum Gasteiger partial charge on any atom is 0.243 e. The smallest absolute Gasteiger partial charge is 0.243 e. The lowest BCUT2D eigenvalue weighted by atomic mass is 10.0. The van der Waals surface area contributed by atoms with Gasteiger partial charge in [-0.15, -0.1) is 0 Å². The highest BCUT2D eigenvalue weighted by atomic mass is 32.2. The van der Waals surface area contributed by atoms with Crippen LogP contribution in [0.2, 0.25) is 0 Å². The molecule has 0 fully saturated rings. The highest BCUT2D eigenvalue weighted by molar-refractivity contribution is 7.89. The summed E-state index contributed by atoms with van der Waals surface area (Å²) in [5.74, 6) is -0.257. The molecule has 2 rings (SSSR count). The second-order valence-corrected chi connectivity index (χ2v) is 8.55. The van der Waals surface area contributed by atoms with Crippen molar-refractivity contribution < 1.29 is 18.0 Å². The number of amides is 2. The fraction of sp³-hybridized carbons (Fsp3) is 0.556. The van der Waals surface area contributed by atoms with Crippen molar-refractivity contribution in [3.05, 3.63) is 23.8 Å². The zero-order chi connectivity index (χ0) is 19.3. The number of sulfonamides is 1. The predicted octanol–water partition coefficient (Wildman–Crippen LogP) is 1.84. The minimum Gasteiger partial charge on any atom is -0.342 e. The molecule has 0 atom stereocenters. The van der Waals surface area contributed by atoms with E-state index in [1.807, 2.05) is 13.8 Å². The molecule has 1 aliphatic rings. The van der Waals surface area contributed by atoms with E-state index in [0.29, 0.717) is 31.6 Å². The molecule has 26 heavy (non-hydrogen) atoms. The molecule has 1 aliphatic heterocycles. The maximum absolute atomic E-state index is 12.8. The summed E-state index contributed by atoms with van der Waals surface area (Å²) in [4.78, 5) is 25.7. The molecule has 1 aromatic carbocycles. The molecule has 0 spiro atoms. The lowest BCUT2D eigenvalue weighted by Gasteiger charge is -2.25. The van der Waals surface area contributed by atoms with Gasteiger partial charge in [-0.3, -0.25) is 9.59 Å². The Bertz CT molecular complexity index is 771. The van der Waals surface area contributed by atoms with Crippen LogP contribution < -0.4 is 5.32 Å². The van der Waals surface area contributed by atoms with E-state index in [2.05, 4.69) is 5.32 Å². The van der Waals surface area contributed by atoms with E-state index in [0.717, 1.165) is 22.7 Å². The largest absolute Gasteiger partial charge is 0.342 e. The van der Waals surface area contributed by atoms with Crippen molar-refractivity contribution in [3.63, 3.8) is 0 Å². The molecule has 0 aromatic heterocycles. The van der Waals surface area contributed by atoms with Crippen LogP contribution >= 0.6 is 0 Å². The van der Waals surface area contributed by atoms with E-state index in [4.69, 9.17) is 0 Å². The Kier molecular flexibility index (Phi) is 6.77. The number of benzene rings is 1. The third-order valence-electron chi connectivity index (χ3n) is 4.38. The van der Waals surface area contributed by atoms with Gasteiger partial charge in [0, 0.05) is 32.2 Å². The lowest BCUT2D eigenvalue weighted by Crippen LogP contribution is -2.41. The second kappa shape index (κ2) is 8.64. The molecule has 1 N–H and O–H groups in total. The Hall–Kier alpha value is -1.93. The van der Waals surface area contributed by atoms with Crippen LogP contribution in [0.15, 0.2) is 23.1 Å². The van der Waals surface area contributed by atoms with Crippen molar-refractivity contribution in [3.8, 4) is 0 Å². The molecule has 0 bridgehead atoms. The standard InChI is InChI=1S/C18H27N3O4S/c1-4-10-21(11-5-2)18(23)13-20(3)26(24,25)15-7-8-16-14(12-15)6-9-17(22)19-16/h7-8,12H,4-6,9-11,13H2,1-3H3,(H,19,22). The molecule has 0 unspecified atom stereocenters. The molecular weight excluding hydrogens is 354 g/mol. The SMILES string of the molecule is CCCN(CCC)C(=O)CN(C)S(=O)(=O)c1ccc2c(c1)CCC(=O)N2. The van der Waals surface area contributed by atoms with E-state index in [1.165, 1.54) is 13.1 Å². The van der Waals surface area contributed by atoms with Gasteiger partial charge in [0.1, 0.15) is 0 Å². The average molecular weight is 381 g/mol. The number of nitrogens with one attached hydrogen (secondary N) is 1. The van der Waals surface area contributed by atoms with Crippen LogP contribution in [0.4, 0.5) is 5.69 Å². The van der Waals surface area contributed by atoms with Crippen molar-refractivity contribution >= 4 is 27.5 Å². The second-order valence-electron chi connectivity index (χ2n) is 6.51. The summed E-state index contributed by atoms with van der Waals surface area (Å²) in [6, 6.07) is 4.66. The van der Waals surface area contributed by atoms with Gasteiger partial charge in [-0.25, -0.2) is 8.42 Å². The fourth-order valence-corrected chi connectivity index (χ4v) is 4.15. The summed E-state index contributed by atoms with van der Waals surface area (Å²) >= 11 is 0. The Morgan fingerprint density at radius 1 is 1.15 bits per heavy atom. The Balaban J connectivity index is 2.16. The minimum absolute atomic E-state index is 0.0669. The van der Waals surface area contributed by atoms with Crippen LogP contribution in [0.5, 0.6) is 0 Å². The summed E-state index contributed by atoms with van der Waals surface area (Å²) in [5.41, 5.74) is 1.44. The Labute approximate surface area is 155 Å². The number of rotatable bonds is 8. The maximum atomic E-state index is 12.8. The van der Waals surface area contributed by atoms with Crippen molar-refractivity contribution in [1.29, 1.82) is 0 Å². The molecule has 7 nitrogen and oxygen atoms in total. The van der Waals surface area contributed by atoms with Crippen LogP contribution in [0.1, 0.15) is 38.7 Å². The van der Waals surface area contributed by atoms with Crippen LogP contribution in [0, 0.1) is 0 Å². The number of anilines is 1. The van der Waals surface area contributed by atoms with Crippen molar-refractivity contribution in [2.24, 2.45) is 0 Å². The molecule has 144 valence electrons. The molecule has 0 aliphatic carbocycles. The first-order valence-corrected chi connectivity index (χ1v) is 10.4. The normalized spacial score (nSPS) is 14.1. The van der Waals surface area contributed by atoms with Crippen molar-refractivity contribution in [1.82, 2.24) is 9.21 Å². The highest BCUT2D eigenvalue weighted by Gasteiger charge is 2.26. The summed E-state index contributed by atoms with van der Waals surface area (Å²) in [5, 5.41) is 2.73. The third-order valence-corrected chi connectivity index (χ3v) is 6.18. The average Bonchev–Trinajstić information content (AvgIpc) is 2.60. The number of hydrogen-bond acceptors (Lipinski definition) is 4. The van der Waals surface area contributed by atoms with E-state index in [9.17, 15) is 18.0 Å². The minimum atomic E-state index is -3.77. The van der Waals surface area contributed by atoms with Gasteiger partial charge in [-0.05, 0) is 43.0 Å². The first kappa shape index (κ1) is 20.4. The Morgan fingerprint density at radius 2 is 1.81 bits per heavy atom. The van der Waals surface area contributed by atoms with Crippen LogP contribution in [0.3, 0.4) is 0 Å². The summed E-state index contributed by atoms with van der Waals surface area (Å²) in [7, 11) is -2.35. The van der Waals surface area contributed by atoms with Gasteiger partial charge in [0.2, 0.25) is 21.8 Å². The van der Waals surface area contributed by atoms with Gasteiger partial charge < -0.3 is 10.2 Å². The van der Waals surface area contributed by atoms with Crippen LogP contribution in [-0.4, -0.2) is 56.1 Å². The zero-order valence-electron chi connectivity index (χ0n) is 15.6. The molecule has 0 saturated heterocycles. The number of hydrogen-bond donors (Lipinski definition) is 1. The topological polar surface area (TPSA) is 86.8 Å². The van der Waals surface area contributed by atoms with E-state index >= 15 is 0 Å². The molecule has 1 heterocycles. The quantitative estimate of drug-likeness (QED) is 0.744. The number of nitrogens with zero attached hydrogens (tertiary/aromatic N) is 2. The van der Waals surface area contributed by atoms with Gasteiger partial charge in [0.05, 0.1) is 11.4 Å². The molecule has 2 amide bonds. The number of likely N-dealkylation sites (N-methyl/N-ethyl adjacent to an activating group) is 1. The molecule has 8 heteroatoms. The molecule has 1 aromatic rings.